The average molecular weight is 418 g/mol. The second-order valence-electron chi connectivity index (χ2n) is 5.72. The Morgan fingerprint density at radius 3 is 1.86 bits per heavy atom. The topological polar surface area (TPSA) is 70.2 Å². The van der Waals surface area contributed by atoms with Gasteiger partial charge in [0.15, 0.2) is 0 Å². The Bertz CT molecular complexity index is 1010. The molecular formula is C20H14Cl2FN3O2. The molecule has 0 radical (unpaired) electrons. The molecule has 0 heterocycles. The van der Waals surface area contributed by atoms with Gasteiger partial charge in [-0.25, -0.2) is 9.18 Å². The van der Waals surface area contributed by atoms with Crippen LogP contribution in [0, 0.1) is 5.82 Å². The van der Waals surface area contributed by atoms with Crippen LogP contribution in [0.4, 0.5) is 26.2 Å². The standard InChI is InChI=1S/C20H14Cl2FN3O2/c21-16-11-17(22)18(23)10-15(16)19(27)24-13-6-8-14(9-7-13)26-20(28)25-12-4-2-1-3-5-12/h1-11H,(H,24,27)(H2,25,26,28). The van der Waals surface area contributed by atoms with Crippen LogP contribution in [-0.4, -0.2) is 11.9 Å². The van der Waals surface area contributed by atoms with Gasteiger partial charge in [-0.2, -0.15) is 0 Å². The van der Waals surface area contributed by atoms with E-state index in [1.807, 2.05) is 18.2 Å². The summed E-state index contributed by atoms with van der Waals surface area (Å²) in [5.41, 5.74) is 1.61. The molecule has 28 heavy (non-hydrogen) atoms. The minimum atomic E-state index is -0.736. The highest BCUT2D eigenvalue weighted by molar-refractivity contribution is 6.37. The number of hydrogen-bond acceptors (Lipinski definition) is 2. The first-order chi connectivity index (χ1) is 13.4. The molecule has 3 rings (SSSR count). The van der Waals surface area contributed by atoms with Gasteiger partial charge in [0.2, 0.25) is 0 Å². The fourth-order valence-corrected chi connectivity index (χ4v) is 2.82. The van der Waals surface area contributed by atoms with Gasteiger partial charge in [0.05, 0.1) is 15.6 Å². The van der Waals surface area contributed by atoms with Gasteiger partial charge in [0, 0.05) is 17.1 Å². The van der Waals surface area contributed by atoms with Crippen molar-refractivity contribution in [3.63, 3.8) is 0 Å². The van der Waals surface area contributed by atoms with Crippen LogP contribution in [0.25, 0.3) is 0 Å². The zero-order valence-corrected chi connectivity index (χ0v) is 15.8. The lowest BCUT2D eigenvalue weighted by Gasteiger charge is -2.10. The number of amides is 3. The SMILES string of the molecule is O=C(Nc1ccccc1)Nc1ccc(NC(=O)c2cc(F)c(Cl)cc2Cl)cc1. The molecule has 0 unspecified atom stereocenters. The van der Waals surface area contributed by atoms with Crippen LogP contribution in [0.2, 0.25) is 10.0 Å². The summed E-state index contributed by atoms with van der Waals surface area (Å²) in [5, 5.41) is 7.86. The summed E-state index contributed by atoms with van der Waals surface area (Å²) >= 11 is 11.6. The number of anilines is 3. The minimum absolute atomic E-state index is 0.0343. The van der Waals surface area contributed by atoms with Crippen LogP contribution in [0.5, 0.6) is 0 Å². The van der Waals surface area contributed by atoms with E-state index >= 15 is 0 Å². The molecule has 3 aromatic rings. The molecule has 0 saturated heterocycles. The molecule has 0 aliphatic rings. The first-order valence-corrected chi connectivity index (χ1v) is 8.87. The van der Waals surface area contributed by atoms with E-state index in [4.69, 9.17) is 23.2 Å². The van der Waals surface area contributed by atoms with Crippen LogP contribution < -0.4 is 16.0 Å². The van der Waals surface area contributed by atoms with Crippen molar-refractivity contribution >= 4 is 52.2 Å². The van der Waals surface area contributed by atoms with Crippen molar-refractivity contribution in [3.8, 4) is 0 Å². The van der Waals surface area contributed by atoms with Crippen molar-refractivity contribution in [2.45, 2.75) is 0 Å². The summed E-state index contributed by atoms with van der Waals surface area (Å²) in [7, 11) is 0. The number of rotatable bonds is 4. The molecule has 0 aromatic heterocycles. The lowest BCUT2D eigenvalue weighted by Crippen LogP contribution is -2.19. The number of nitrogens with one attached hydrogen (secondary N) is 3. The fourth-order valence-electron chi connectivity index (χ4n) is 2.35. The van der Waals surface area contributed by atoms with Gasteiger partial charge in [-0.1, -0.05) is 41.4 Å². The molecule has 0 fully saturated rings. The Hall–Kier alpha value is -3.09. The van der Waals surface area contributed by atoms with Crippen molar-refractivity contribution in [1.29, 1.82) is 0 Å². The third kappa shape index (κ3) is 5.00. The highest BCUT2D eigenvalue weighted by atomic mass is 35.5. The molecular weight excluding hydrogens is 404 g/mol. The van der Waals surface area contributed by atoms with Gasteiger partial charge < -0.3 is 16.0 Å². The number of benzene rings is 3. The third-order valence-corrected chi connectivity index (χ3v) is 4.29. The lowest BCUT2D eigenvalue weighted by molar-refractivity contribution is 0.102. The Kier molecular flexibility index (Phi) is 6.13. The molecule has 0 spiro atoms. The smallest absolute Gasteiger partial charge is 0.322 e. The van der Waals surface area contributed by atoms with Gasteiger partial charge in [-0.15, -0.1) is 0 Å². The van der Waals surface area contributed by atoms with E-state index in [0.29, 0.717) is 17.1 Å². The third-order valence-electron chi connectivity index (χ3n) is 3.69. The van der Waals surface area contributed by atoms with Gasteiger partial charge in [0.25, 0.3) is 5.91 Å². The normalized spacial score (nSPS) is 10.2. The Morgan fingerprint density at radius 1 is 0.714 bits per heavy atom. The average Bonchev–Trinajstić information content (AvgIpc) is 2.67. The van der Waals surface area contributed by atoms with E-state index in [9.17, 15) is 14.0 Å². The van der Waals surface area contributed by atoms with Gasteiger partial charge in [-0.3, -0.25) is 4.79 Å². The maximum absolute atomic E-state index is 13.6. The predicted octanol–water partition coefficient (Wildman–Crippen LogP) is 6.03. The van der Waals surface area contributed by atoms with Crippen molar-refractivity contribution in [1.82, 2.24) is 0 Å². The van der Waals surface area contributed by atoms with E-state index in [1.165, 1.54) is 6.07 Å². The molecule has 0 aliphatic heterocycles. The van der Waals surface area contributed by atoms with Crippen molar-refractivity contribution in [2.24, 2.45) is 0 Å². The summed E-state index contributed by atoms with van der Waals surface area (Å²) in [6.45, 7) is 0. The first kappa shape index (κ1) is 19.7. The lowest BCUT2D eigenvalue weighted by atomic mass is 10.2. The number of carbonyl (C=O) groups is 2. The van der Waals surface area contributed by atoms with E-state index in [0.717, 1.165) is 6.07 Å². The van der Waals surface area contributed by atoms with E-state index in [-0.39, 0.29) is 15.6 Å². The number of para-hydroxylation sites is 1. The summed E-state index contributed by atoms with van der Waals surface area (Å²) in [6, 6.07) is 17.2. The molecule has 0 atom stereocenters. The van der Waals surface area contributed by atoms with E-state index in [2.05, 4.69) is 16.0 Å². The maximum Gasteiger partial charge on any atom is 0.323 e. The molecule has 0 saturated carbocycles. The molecule has 3 N–H and O–H groups in total. The molecule has 5 nitrogen and oxygen atoms in total. The largest absolute Gasteiger partial charge is 0.323 e. The minimum Gasteiger partial charge on any atom is -0.322 e. The molecule has 8 heteroatoms. The highest BCUT2D eigenvalue weighted by Gasteiger charge is 2.14. The molecule has 3 aromatic carbocycles. The van der Waals surface area contributed by atoms with Gasteiger partial charge >= 0.3 is 6.03 Å². The maximum atomic E-state index is 13.6. The number of urea groups is 1. The zero-order chi connectivity index (χ0) is 20.1. The number of hydrogen-bond donors (Lipinski definition) is 3. The predicted molar refractivity (Wildman–Crippen MR) is 110 cm³/mol. The monoisotopic (exact) mass is 417 g/mol. The van der Waals surface area contributed by atoms with Crippen LogP contribution in [0.1, 0.15) is 10.4 Å². The van der Waals surface area contributed by atoms with Crippen molar-refractivity contribution in [3.05, 3.63) is 88.2 Å². The van der Waals surface area contributed by atoms with E-state index in [1.54, 1.807) is 36.4 Å². The number of carbonyl (C=O) groups excluding carboxylic acids is 2. The molecule has 142 valence electrons. The molecule has 3 amide bonds. The second kappa shape index (κ2) is 8.73. The Labute approximate surface area is 170 Å². The van der Waals surface area contributed by atoms with Crippen LogP contribution in [-0.2, 0) is 0 Å². The summed E-state index contributed by atoms with van der Waals surface area (Å²) in [4.78, 5) is 24.3. The van der Waals surface area contributed by atoms with Crippen molar-refractivity contribution < 1.29 is 14.0 Å². The second-order valence-corrected chi connectivity index (χ2v) is 6.54. The molecule has 0 aliphatic carbocycles. The quantitative estimate of drug-likeness (QED) is 0.453. The highest BCUT2D eigenvalue weighted by Crippen LogP contribution is 2.25. The fraction of sp³-hybridized carbons (Fsp3) is 0. The van der Waals surface area contributed by atoms with Crippen LogP contribution in [0.15, 0.2) is 66.7 Å². The number of halogens is 3. The zero-order valence-electron chi connectivity index (χ0n) is 14.3. The Morgan fingerprint density at radius 2 is 1.25 bits per heavy atom. The van der Waals surface area contributed by atoms with E-state index < -0.39 is 17.8 Å². The Balaban J connectivity index is 1.62. The van der Waals surface area contributed by atoms with Gasteiger partial charge in [-0.05, 0) is 48.5 Å². The summed E-state index contributed by atoms with van der Waals surface area (Å²) in [5.74, 6) is -1.32. The van der Waals surface area contributed by atoms with Crippen LogP contribution in [0.3, 0.4) is 0 Å². The first-order valence-electron chi connectivity index (χ1n) is 8.11. The van der Waals surface area contributed by atoms with Crippen molar-refractivity contribution in [2.75, 3.05) is 16.0 Å². The molecule has 0 bridgehead atoms. The summed E-state index contributed by atoms with van der Waals surface area (Å²) in [6.07, 6.45) is 0. The van der Waals surface area contributed by atoms with Crippen LogP contribution >= 0.6 is 23.2 Å². The van der Waals surface area contributed by atoms with Gasteiger partial charge in [0.1, 0.15) is 5.82 Å². The summed E-state index contributed by atoms with van der Waals surface area (Å²) < 4.78 is 13.6.